The molecule has 0 unspecified atom stereocenters. The molecule has 82 valence electrons. The van der Waals surface area contributed by atoms with Gasteiger partial charge in [0.05, 0.1) is 5.69 Å². The van der Waals surface area contributed by atoms with Gasteiger partial charge in [0.2, 0.25) is 0 Å². The number of carboxylic acids is 1. The van der Waals surface area contributed by atoms with Gasteiger partial charge in [-0.2, -0.15) is 0 Å². The van der Waals surface area contributed by atoms with Crippen molar-refractivity contribution in [3.63, 3.8) is 0 Å². The zero-order valence-electron chi connectivity index (χ0n) is 8.51. The van der Waals surface area contributed by atoms with Gasteiger partial charge in [0.25, 0.3) is 0 Å². The highest BCUT2D eigenvalue weighted by Gasteiger charge is 2.15. The summed E-state index contributed by atoms with van der Waals surface area (Å²) < 4.78 is 2.45. The second-order valence-corrected chi connectivity index (χ2v) is 4.25. The van der Waals surface area contributed by atoms with Gasteiger partial charge < -0.3 is 5.11 Å². The fraction of sp³-hybridized carbons (Fsp3) is 0.0909. The molecule has 5 heteroatoms. The van der Waals surface area contributed by atoms with E-state index < -0.39 is 5.97 Å². The summed E-state index contributed by atoms with van der Waals surface area (Å²) in [7, 11) is 0. The number of halogens is 1. The van der Waals surface area contributed by atoms with Crippen molar-refractivity contribution in [2.24, 2.45) is 0 Å². The summed E-state index contributed by atoms with van der Waals surface area (Å²) in [4.78, 5) is 15.1. The molecule has 0 aliphatic carbocycles. The van der Waals surface area contributed by atoms with Gasteiger partial charge in [0.15, 0.2) is 5.69 Å². The molecule has 1 N–H and O–H groups in total. The molecule has 1 aromatic carbocycles. The Balaban J connectivity index is 2.60. The van der Waals surface area contributed by atoms with E-state index in [2.05, 4.69) is 20.9 Å². The van der Waals surface area contributed by atoms with Crippen LogP contribution in [0, 0.1) is 6.92 Å². The Morgan fingerprint density at radius 3 is 2.88 bits per heavy atom. The average Bonchev–Trinajstić information content (AvgIpc) is 2.60. The molecule has 0 atom stereocenters. The van der Waals surface area contributed by atoms with Gasteiger partial charge in [-0.15, -0.1) is 0 Å². The van der Waals surface area contributed by atoms with Gasteiger partial charge in [-0.1, -0.05) is 22.0 Å². The molecule has 0 amide bonds. The highest BCUT2D eigenvalue weighted by Crippen LogP contribution is 2.18. The van der Waals surface area contributed by atoms with Crippen molar-refractivity contribution < 1.29 is 9.90 Å². The van der Waals surface area contributed by atoms with E-state index in [0.29, 0.717) is 5.69 Å². The lowest BCUT2D eigenvalue weighted by Gasteiger charge is -2.05. The predicted octanol–water partition coefficient (Wildman–Crippen LogP) is 2.64. The van der Waals surface area contributed by atoms with Crippen LogP contribution in [0.4, 0.5) is 0 Å². The summed E-state index contributed by atoms with van der Waals surface area (Å²) in [5.74, 6) is -0.977. The molecule has 0 saturated heterocycles. The highest BCUT2D eigenvalue weighted by molar-refractivity contribution is 9.10. The van der Waals surface area contributed by atoms with Gasteiger partial charge in [-0.25, -0.2) is 9.78 Å². The second-order valence-electron chi connectivity index (χ2n) is 3.33. The van der Waals surface area contributed by atoms with Crippen LogP contribution in [-0.4, -0.2) is 20.6 Å². The maximum absolute atomic E-state index is 11.1. The first kappa shape index (κ1) is 10.9. The van der Waals surface area contributed by atoms with Crippen LogP contribution in [0.2, 0.25) is 0 Å². The Hall–Kier alpha value is -1.62. The monoisotopic (exact) mass is 280 g/mol. The van der Waals surface area contributed by atoms with Crippen molar-refractivity contribution in [2.75, 3.05) is 0 Å². The van der Waals surface area contributed by atoms with Gasteiger partial charge in [-0.3, -0.25) is 4.57 Å². The van der Waals surface area contributed by atoms with Crippen LogP contribution in [0.25, 0.3) is 5.69 Å². The van der Waals surface area contributed by atoms with E-state index in [9.17, 15) is 4.79 Å². The molecule has 0 aliphatic rings. The minimum atomic E-state index is -0.977. The molecule has 4 nitrogen and oxygen atoms in total. The third-order valence-corrected chi connectivity index (χ3v) is 2.73. The second kappa shape index (κ2) is 4.09. The van der Waals surface area contributed by atoms with Crippen LogP contribution in [-0.2, 0) is 0 Å². The van der Waals surface area contributed by atoms with Crippen LogP contribution in [0.3, 0.4) is 0 Å². The van der Waals surface area contributed by atoms with E-state index in [-0.39, 0.29) is 5.69 Å². The number of carbonyl (C=O) groups is 1. The Morgan fingerprint density at radius 2 is 2.25 bits per heavy atom. The fourth-order valence-electron chi connectivity index (χ4n) is 1.52. The number of benzene rings is 1. The number of hydrogen-bond acceptors (Lipinski definition) is 2. The lowest BCUT2D eigenvalue weighted by Crippen LogP contribution is -2.07. The predicted molar refractivity (Wildman–Crippen MR) is 63.0 cm³/mol. The Labute approximate surface area is 101 Å². The fourth-order valence-corrected chi connectivity index (χ4v) is 1.90. The molecule has 2 rings (SSSR count). The molecule has 0 fully saturated rings. The zero-order chi connectivity index (χ0) is 11.7. The van der Waals surface area contributed by atoms with Crippen molar-refractivity contribution in [1.29, 1.82) is 0 Å². The van der Waals surface area contributed by atoms with Crippen LogP contribution < -0.4 is 0 Å². The molecular weight excluding hydrogens is 272 g/mol. The maximum atomic E-state index is 11.1. The van der Waals surface area contributed by atoms with Gasteiger partial charge in [0.1, 0.15) is 6.33 Å². The zero-order valence-corrected chi connectivity index (χ0v) is 10.1. The third kappa shape index (κ3) is 1.86. The third-order valence-electron chi connectivity index (χ3n) is 2.24. The number of nitrogens with zero attached hydrogens (tertiary/aromatic N) is 2. The van der Waals surface area contributed by atoms with Crippen molar-refractivity contribution in [2.45, 2.75) is 6.92 Å². The van der Waals surface area contributed by atoms with E-state index in [4.69, 9.17) is 5.11 Å². The Morgan fingerprint density at radius 1 is 1.50 bits per heavy atom. The number of imidazole rings is 1. The minimum Gasteiger partial charge on any atom is -0.477 e. The highest BCUT2D eigenvalue weighted by atomic mass is 79.9. The quantitative estimate of drug-likeness (QED) is 0.920. The number of rotatable bonds is 2. The summed E-state index contributed by atoms with van der Waals surface area (Å²) in [5, 5.41) is 9.09. The molecule has 0 saturated carbocycles. The molecule has 0 spiro atoms. The number of aromatic carboxylic acids is 1. The van der Waals surface area contributed by atoms with Crippen LogP contribution >= 0.6 is 15.9 Å². The molecular formula is C11H9BrN2O2. The first-order valence-electron chi connectivity index (χ1n) is 4.63. The van der Waals surface area contributed by atoms with Crippen molar-refractivity contribution in [1.82, 2.24) is 9.55 Å². The minimum absolute atomic E-state index is 0.193. The first-order valence-corrected chi connectivity index (χ1v) is 5.42. The SMILES string of the molecule is Cc1ncn(-c2cccc(Br)c2)c1C(=O)O. The molecule has 0 radical (unpaired) electrons. The Kier molecular flexibility index (Phi) is 2.78. The van der Waals surface area contributed by atoms with Crippen molar-refractivity contribution in [3.05, 3.63) is 46.5 Å². The lowest BCUT2D eigenvalue weighted by molar-refractivity contribution is 0.0687. The molecule has 16 heavy (non-hydrogen) atoms. The number of aryl methyl sites for hydroxylation is 1. The number of aromatic nitrogens is 2. The summed E-state index contributed by atoms with van der Waals surface area (Å²) in [6.45, 7) is 1.68. The first-order chi connectivity index (χ1) is 7.59. The van der Waals surface area contributed by atoms with E-state index in [1.165, 1.54) is 6.33 Å². The summed E-state index contributed by atoms with van der Waals surface area (Å²) >= 11 is 3.35. The molecule has 0 aliphatic heterocycles. The smallest absolute Gasteiger partial charge is 0.354 e. The van der Waals surface area contributed by atoms with Crippen LogP contribution in [0.5, 0.6) is 0 Å². The largest absolute Gasteiger partial charge is 0.477 e. The van der Waals surface area contributed by atoms with Gasteiger partial charge in [0, 0.05) is 10.2 Å². The number of carboxylic acid groups (broad SMARTS) is 1. The molecule has 2 aromatic rings. The van der Waals surface area contributed by atoms with Crippen molar-refractivity contribution >= 4 is 21.9 Å². The van der Waals surface area contributed by atoms with E-state index in [1.807, 2.05) is 24.3 Å². The van der Waals surface area contributed by atoms with Crippen molar-refractivity contribution in [3.8, 4) is 5.69 Å². The molecule has 1 heterocycles. The molecule has 1 aromatic heterocycles. The van der Waals surface area contributed by atoms with E-state index in [1.54, 1.807) is 11.5 Å². The maximum Gasteiger partial charge on any atom is 0.354 e. The Bertz CT molecular complexity index is 549. The van der Waals surface area contributed by atoms with E-state index >= 15 is 0 Å². The summed E-state index contributed by atoms with van der Waals surface area (Å²) in [5.41, 5.74) is 1.47. The van der Waals surface area contributed by atoms with Gasteiger partial charge in [-0.05, 0) is 25.1 Å². The normalized spacial score (nSPS) is 10.4. The lowest BCUT2D eigenvalue weighted by atomic mass is 10.3. The van der Waals surface area contributed by atoms with E-state index in [0.717, 1.165) is 10.2 Å². The standard InChI is InChI=1S/C11H9BrN2O2/c1-7-10(11(15)16)14(6-13-7)9-4-2-3-8(12)5-9/h2-6H,1H3,(H,15,16). The number of hydrogen-bond donors (Lipinski definition) is 1. The van der Waals surface area contributed by atoms with Gasteiger partial charge >= 0.3 is 5.97 Å². The summed E-state index contributed by atoms with van der Waals surface area (Å²) in [6, 6.07) is 7.40. The van der Waals surface area contributed by atoms with Crippen LogP contribution in [0.1, 0.15) is 16.2 Å². The summed E-state index contributed by atoms with van der Waals surface area (Å²) in [6.07, 6.45) is 1.51. The average molecular weight is 281 g/mol. The molecule has 0 bridgehead atoms. The van der Waals surface area contributed by atoms with Crippen LogP contribution in [0.15, 0.2) is 35.1 Å². The topological polar surface area (TPSA) is 55.1 Å².